The number of carbonyl (C=O) groups is 1. The van der Waals surface area contributed by atoms with Crippen molar-refractivity contribution >= 4 is 5.91 Å². The molecule has 2 aromatic rings. The zero-order valence-corrected chi connectivity index (χ0v) is 15.1. The van der Waals surface area contributed by atoms with E-state index in [9.17, 15) is 4.79 Å². The maximum absolute atomic E-state index is 11.6. The highest BCUT2D eigenvalue weighted by molar-refractivity contribution is 5.77. The Labute approximate surface area is 155 Å². The summed E-state index contributed by atoms with van der Waals surface area (Å²) in [6.45, 7) is 2.78. The molecule has 26 heavy (non-hydrogen) atoms. The fraction of sp³-hybridized carbons (Fsp3) is 0.381. The number of amides is 1. The molecule has 0 saturated carbocycles. The third-order valence-corrected chi connectivity index (χ3v) is 3.64. The molecule has 0 radical (unpaired) electrons. The molecule has 2 rings (SSSR count). The van der Waals surface area contributed by atoms with Gasteiger partial charge in [0.1, 0.15) is 19.0 Å². The minimum atomic E-state index is -0.117. The summed E-state index contributed by atoms with van der Waals surface area (Å²) >= 11 is 0. The Morgan fingerprint density at radius 2 is 1.54 bits per heavy atom. The lowest BCUT2D eigenvalue weighted by atomic mass is 10.2. The SMILES string of the molecule is O=C(COCCOc1ccccc1)NCCCOCCc1ccccc1. The number of hydrogen-bond donors (Lipinski definition) is 1. The van der Waals surface area contributed by atoms with E-state index in [0.717, 1.165) is 18.6 Å². The molecule has 1 amide bonds. The number of carbonyl (C=O) groups excluding carboxylic acids is 1. The van der Waals surface area contributed by atoms with Crippen molar-refractivity contribution in [3.63, 3.8) is 0 Å². The summed E-state index contributed by atoms with van der Waals surface area (Å²) in [6, 6.07) is 19.8. The van der Waals surface area contributed by atoms with Crippen LogP contribution in [0.3, 0.4) is 0 Å². The molecule has 1 N–H and O–H groups in total. The first-order valence-electron chi connectivity index (χ1n) is 8.98. The summed E-state index contributed by atoms with van der Waals surface area (Å²) in [4.78, 5) is 11.6. The number of hydrogen-bond acceptors (Lipinski definition) is 4. The zero-order chi connectivity index (χ0) is 18.3. The summed E-state index contributed by atoms with van der Waals surface area (Å²) in [5, 5.41) is 2.82. The van der Waals surface area contributed by atoms with E-state index in [4.69, 9.17) is 14.2 Å². The fourth-order valence-corrected chi connectivity index (χ4v) is 2.29. The molecule has 0 bridgehead atoms. The van der Waals surface area contributed by atoms with Gasteiger partial charge in [0.2, 0.25) is 5.91 Å². The van der Waals surface area contributed by atoms with Gasteiger partial charge in [0.25, 0.3) is 0 Å². The van der Waals surface area contributed by atoms with Crippen molar-refractivity contribution in [2.45, 2.75) is 12.8 Å². The standard InChI is InChI=1S/C21H27NO4/c23-21(18-25-16-17-26-20-10-5-2-6-11-20)22-13-7-14-24-15-12-19-8-3-1-4-9-19/h1-6,8-11H,7,12-18H2,(H,22,23). The van der Waals surface area contributed by atoms with Crippen LogP contribution in [0.1, 0.15) is 12.0 Å². The Bertz CT molecular complexity index is 604. The fourth-order valence-electron chi connectivity index (χ4n) is 2.29. The predicted octanol–water partition coefficient (Wildman–Crippen LogP) is 2.85. The van der Waals surface area contributed by atoms with Gasteiger partial charge in [-0.3, -0.25) is 4.79 Å². The van der Waals surface area contributed by atoms with Gasteiger partial charge in [0.15, 0.2) is 0 Å². The molecule has 2 aromatic carbocycles. The molecule has 5 heteroatoms. The van der Waals surface area contributed by atoms with E-state index >= 15 is 0 Å². The lowest BCUT2D eigenvalue weighted by Crippen LogP contribution is -2.29. The van der Waals surface area contributed by atoms with Crippen LogP contribution in [0.25, 0.3) is 0 Å². The molecule has 5 nitrogen and oxygen atoms in total. The largest absolute Gasteiger partial charge is 0.491 e. The van der Waals surface area contributed by atoms with Crippen molar-refractivity contribution in [1.29, 1.82) is 0 Å². The van der Waals surface area contributed by atoms with Crippen molar-refractivity contribution in [2.24, 2.45) is 0 Å². The van der Waals surface area contributed by atoms with Gasteiger partial charge in [0.05, 0.1) is 13.2 Å². The summed E-state index contributed by atoms with van der Waals surface area (Å²) in [5.74, 6) is 0.682. The molecule has 140 valence electrons. The maximum atomic E-state index is 11.6. The van der Waals surface area contributed by atoms with E-state index in [0.29, 0.717) is 33.0 Å². The van der Waals surface area contributed by atoms with Crippen molar-refractivity contribution in [1.82, 2.24) is 5.32 Å². The van der Waals surface area contributed by atoms with E-state index in [1.54, 1.807) is 0 Å². The van der Waals surface area contributed by atoms with Crippen LogP contribution >= 0.6 is 0 Å². The van der Waals surface area contributed by atoms with E-state index in [1.165, 1.54) is 5.56 Å². The van der Waals surface area contributed by atoms with E-state index in [-0.39, 0.29) is 12.5 Å². The molecule has 0 aromatic heterocycles. The molecular formula is C21H27NO4. The first kappa shape index (κ1) is 19.9. The highest BCUT2D eigenvalue weighted by atomic mass is 16.5. The Morgan fingerprint density at radius 1 is 0.808 bits per heavy atom. The molecular weight excluding hydrogens is 330 g/mol. The first-order valence-corrected chi connectivity index (χ1v) is 8.98. The predicted molar refractivity (Wildman–Crippen MR) is 101 cm³/mol. The normalized spacial score (nSPS) is 10.5. The van der Waals surface area contributed by atoms with Gasteiger partial charge in [-0.1, -0.05) is 48.5 Å². The van der Waals surface area contributed by atoms with Crippen LogP contribution in [-0.4, -0.2) is 45.5 Å². The quantitative estimate of drug-likeness (QED) is 0.560. The molecule has 0 aliphatic heterocycles. The molecule has 0 fully saturated rings. The summed E-state index contributed by atoms with van der Waals surface area (Å²) < 4.78 is 16.4. The second-order valence-corrected chi connectivity index (χ2v) is 5.77. The Balaban J connectivity index is 1.37. The maximum Gasteiger partial charge on any atom is 0.246 e. The monoisotopic (exact) mass is 357 g/mol. The van der Waals surface area contributed by atoms with Gasteiger partial charge < -0.3 is 19.5 Å². The second kappa shape index (κ2) is 12.9. The van der Waals surface area contributed by atoms with Crippen molar-refractivity contribution in [3.8, 4) is 5.75 Å². The third kappa shape index (κ3) is 9.20. The van der Waals surface area contributed by atoms with E-state index < -0.39 is 0 Å². The summed E-state index contributed by atoms with van der Waals surface area (Å²) in [7, 11) is 0. The molecule has 0 spiro atoms. The van der Waals surface area contributed by atoms with Gasteiger partial charge in [-0.05, 0) is 30.5 Å². The highest BCUT2D eigenvalue weighted by Gasteiger charge is 2.01. The van der Waals surface area contributed by atoms with E-state index in [2.05, 4.69) is 17.4 Å². The number of benzene rings is 2. The average Bonchev–Trinajstić information content (AvgIpc) is 2.68. The van der Waals surface area contributed by atoms with Crippen LogP contribution in [-0.2, 0) is 20.7 Å². The van der Waals surface area contributed by atoms with Crippen molar-refractivity contribution in [3.05, 3.63) is 66.2 Å². The van der Waals surface area contributed by atoms with Crippen LogP contribution in [0.5, 0.6) is 5.75 Å². The molecule has 0 heterocycles. The smallest absolute Gasteiger partial charge is 0.246 e. The summed E-state index contributed by atoms with van der Waals surface area (Å²) in [6.07, 6.45) is 1.70. The van der Waals surface area contributed by atoms with Crippen LogP contribution in [0.4, 0.5) is 0 Å². The van der Waals surface area contributed by atoms with Gasteiger partial charge >= 0.3 is 0 Å². The van der Waals surface area contributed by atoms with Crippen molar-refractivity contribution in [2.75, 3.05) is 39.6 Å². The van der Waals surface area contributed by atoms with Crippen LogP contribution < -0.4 is 10.1 Å². The van der Waals surface area contributed by atoms with Gasteiger partial charge in [0, 0.05) is 13.2 Å². The molecule has 0 unspecified atom stereocenters. The van der Waals surface area contributed by atoms with Crippen LogP contribution in [0.2, 0.25) is 0 Å². The lowest BCUT2D eigenvalue weighted by Gasteiger charge is -2.08. The summed E-state index contributed by atoms with van der Waals surface area (Å²) in [5.41, 5.74) is 1.27. The number of ether oxygens (including phenoxy) is 3. The van der Waals surface area contributed by atoms with Crippen molar-refractivity contribution < 1.29 is 19.0 Å². The average molecular weight is 357 g/mol. The molecule has 0 aliphatic carbocycles. The lowest BCUT2D eigenvalue weighted by molar-refractivity contribution is -0.125. The van der Waals surface area contributed by atoms with Crippen LogP contribution in [0.15, 0.2) is 60.7 Å². The Kier molecular flexibility index (Phi) is 9.91. The Hall–Kier alpha value is -2.37. The molecule has 0 aliphatic rings. The van der Waals surface area contributed by atoms with Gasteiger partial charge in [-0.2, -0.15) is 0 Å². The second-order valence-electron chi connectivity index (χ2n) is 5.77. The number of para-hydroxylation sites is 1. The minimum absolute atomic E-state index is 0.0486. The molecule has 0 atom stereocenters. The van der Waals surface area contributed by atoms with Gasteiger partial charge in [-0.25, -0.2) is 0 Å². The van der Waals surface area contributed by atoms with E-state index in [1.807, 2.05) is 48.5 Å². The topological polar surface area (TPSA) is 56.8 Å². The highest BCUT2D eigenvalue weighted by Crippen LogP contribution is 2.07. The van der Waals surface area contributed by atoms with Gasteiger partial charge in [-0.15, -0.1) is 0 Å². The third-order valence-electron chi connectivity index (χ3n) is 3.64. The first-order chi connectivity index (χ1) is 12.8. The number of rotatable bonds is 13. The minimum Gasteiger partial charge on any atom is -0.491 e. The zero-order valence-electron chi connectivity index (χ0n) is 15.1. The van der Waals surface area contributed by atoms with Crippen LogP contribution in [0, 0.1) is 0 Å². The molecule has 0 saturated heterocycles. The Morgan fingerprint density at radius 3 is 2.31 bits per heavy atom. The number of nitrogens with one attached hydrogen (secondary N) is 1.